The van der Waals surface area contributed by atoms with Crippen molar-refractivity contribution in [3.8, 4) is 0 Å². The molecule has 2 aliphatic rings. The summed E-state index contributed by atoms with van der Waals surface area (Å²) in [4.78, 5) is 29.1. The van der Waals surface area contributed by atoms with Gasteiger partial charge in [-0.15, -0.1) is 0 Å². The van der Waals surface area contributed by atoms with Crippen LogP contribution in [0, 0.1) is 11.3 Å². The Bertz CT molecular complexity index is 1330. The largest absolute Gasteiger partial charge is 0.416 e. The quantitative estimate of drug-likeness (QED) is 0.413. The van der Waals surface area contributed by atoms with Crippen molar-refractivity contribution in [1.29, 1.82) is 0 Å². The number of alkyl halides is 3. The molecular weight excluding hydrogens is 543 g/mol. The third kappa shape index (κ3) is 6.68. The van der Waals surface area contributed by atoms with Crippen LogP contribution in [0.25, 0.3) is 0 Å². The van der Waals surface area contributed by atoms with Crippen LogP contribution in [0.1, 0.15) is 51.5 Å². The molecule has 0 unspecified atom stereocenters. The zero-order valence-corrected chi connectivity index (χ0v) is 23.7. The Labute approximate surface area is 233 Å². The summed E-state index contributed by atoms with van der Waals surface area (Å²) in [6, 6.07) is 12.4. The van der Waals surface area contributed by atoms with Crippen LogP contribution in [0.3, 0.4) is 0 Å². The van der Waals surface area contributed by atoms with E-state index in [0.717, 1.165) is 18.6 Å². The van der Waals surface area contributed by atoms with Crippen LogP contribution in [0.5, 0.6) is 0 Å². The SMILES string of the molecule is CC(C)N(C)[C@H]1CC[C@@H](CS(=O)(=O)c2ccccc2)[C@@H](NC(=O)C2(C(=O)Nc3cccc(C(F)(F)F)c3)CC2)C1. The average molecular weight is 580 g/mol. The molecule has 2 aromatic rings. The van der Waals surface area contributed by atoms with Gasteiger partial charge in [0.15, 0.2) is 9.84 Å². The fourth-order valence-electron chi connectivity index (χ4n) is 5.40. The van der Waals surface area contributed by atoms with E-state index in [1.807, 2.05) is 7.05 Å². The van der Waals surface area contributed by atoms with E-state index in [2.05, 4.69) is 29.4 Å². The Hall–Kier alpha value is -2.92. The van der Waals surface area contributed by atoms with Gasteiger partial charge >= 0.3 is 6.18 Å². The van der Waals surface area contributed by atoms with Crippen LogP contribution in [-0.2, 0) is 25.6 Å². The highest BCUT2D eigenvalue weighted by Gasteiger charge is 2.57. The molecule has 0 bridgehead atoms. The number of rotatable bonds is 9. The first-order chi connectivity index (χ1) is 18.7. The van der Waals surface area contributed by atoms with Crippen molar-refractivity contribution in [2.75, 3.05) is 18.1 Å². The lowest BCUT2D eigenvalue weighted by Gasteiger charge is -2.42. The van der Waals surface area contributed by atoms with Crippen molar-refractivity contribution >= 4 is 27.3 Å². The van der Waals surface area contributed by atoms with E-state index in [1.54, 1.807) is 30.3 Å². The molecule has 40 heavy (non-hydrogen) atoms. The summed E-state index contributed by atoms with van der Waals surface area (Å²) in [6.07, 6.45) is -2.15. The average Bonchev–Trinajstić information content (AvgIpc) is 3.72. The second kappa shape index (κ2) is 11.5. The number of amides is 2. The molecular formula is C29H36F3N3O4S. The van der Waals surface area contributed by atoms with Crippen molar-refractivity contribution in [1.82, 2.24) is 10.2 Å². The molecule has 2 fully saturated rings. The molecule has 11 heteroatoms. The fourth-order valence-corrected chi connectivity index (χ4v) is 7.12. The number of sulfone groups is 1. The summed E-state index contributed by atoms with van der Waals surface area (Å²) >= 11 is 0. The predicted molar refractivity (Wildman–Crippen MR) is 146 cm³/mol. The number of nitrogens with zero attached hydrogens (tertiary/aromatic N) is 1. The molecule has 4 rings (SSSR count). The zero-order chi connectivity index (χ0) is 29.3. The van der Waals surface area contributed by atoms with E-state index < -0.39 is 44.8 Å². The Morgan fingerprint density at radius 1 is 1.02 bits per heavy atom. The second-order valence-electron chi connectivity index (χ2n) is 11.3. The molecule has 3 atom stereocenters. The topological polar surface area (TPSA) is 95.6 Å². The fraction of sp³-hybridized carbons (Fsp3) is 0.517. The number of carbonyl (C=O) groups is 2. The summed E-state index contributed by atoms with van der Waals surface area (Å²) in [5.41, 5.74) is -2.33. The van der Waals surface area contributed by atoms with Gasteiger partial charge in [0, 0.05) is 23.8 Å². The van der Waals surface area contributed by atoms with Gasteiger partial charge in [0.25, 0.3) is 0 Å². The highest BCUT2D eigenvalue weighted by molar-refractivity contribution is 7.91. The van der Waals surface area contributed by atoms with Crippen LogP contribution in [-0.4, -0.2) is 56.1 Å². The van der Waals surface area contributed by atoms with E-state index >= 15 is 0 Å². The lowest BCUT2D eigenvalue weighted by molar-refractivity contribution is -0.138. The minimum absolute atomic E-state index is 0.0398. The van der Waals surface area contributed by atoms with Crippen molar-refractivity contribution in [2.24, 2.45) is 11.3 Å². The zero-order valence-electron chi connectivity index (χ0n) is 22.9. The highest BCUT2D eigenvalue weighted by atomic mass is 32.2. The lowest BCUT2D eigenvalue weighted by Crippen LogP contribution is -2.54. The second-order valence-corrected chi connectivity index (χ2v) is 13.3. The van der Waals surface area contributed by atoms with Gasteiger partial charge in [-0.1, -0.05) is 24.3 Å². The van der Waals surface area contributed by atoms with Gasteiger partial charge in [-0.3, -0.25) is 9.59 Å². The molecule has 2 aromatic carbocycles. The van der Waals surface area contributed by atoms with Gasteiger partial charge in [-0.05, 0) is 89.2 Å². The van der Waals surface area contributed by atoms with E-state index in [-0.39, 0.29) is 47.2 Å². The number of halogens is 3. The molecule has 2 saturated carbocycles. The molecule has 2 aliphatic carbocycles. The molecule has 0 heterocycles. The Kier molecular flexibility index (Phi) is 8.65. The van der Waals surface area contributed by atoms with Crippen LogP contribution in [0.4, 0.5) is 18.9 Å². The molecule has 218 valence electrons. The molecule has 0 spiro atoms. The van der Waals surface area contributed by atoms with Gasteiger partial charge in [-0.25, -0.2) is 8.42 Å². The molecule has 0 saturated heterocycles. The first kappa shape index (κ1) is 30.0. The van der Waals surface area contributed by atoms with Gasteiger partial charge < -0.3 is 15.5 Å². The number of anilines is 1. The lowest BCUT2D eigenvalue weighted by atomic mass is 9.81. The normalized spacial score (nSPS) is 22.6. The van der Waals surface area contributed by atoms with Crippen molar-refractivity contribution in [3.63, 3.8) is 0 Å². The highest BCUT2D eigenvalue weighted by Crippen LogP contribution is 2.47. The maximum atomic E-state index is 13.5. The molecule has 7 nitrogen and oxygen atoms in total. The van der Waals surface area contributed by atoms with Gasteiger partial charge in [0.05, 0.1) is 16.2 Å². The monoisotopic (exact) mass is 579 g/mol. The first-order valence-electron chi connectivity index (χ1n) is 13.5. The minimum atomic E-state index is -4.56. The summed E-state index contributed by atoms with van der Waals surface area (Å²) in [5, 5.41) is 5.49. The van der Waals surface area contributed by atoms with E-state index in [9.17, 15) is 31.2 Å². The Balaban J connectivity index is 1.51. The summed E-state index contributed by atoms with van der Waals surface area (Å²) in [7, 11) is -1.61. The number of hydrogen-bond acceptors (Lipinski definition) is 5. The van der Waals surface area contributed by atoms with Crippen molar-refractivity contribution in [3.05, 3.63) is 60.2 Å². The van der Waals surface area contributed by atoms with Crippen LogP contribution in [0.2, 0.25) is 0 Å². The maximum absolute atomic E-state index is 13.5. The standard InChI is InChI=1S/C29H36F3N3O4S/c1-19(2)35(3)23-13-12-20(18-40(38,39)24-10-5-4-6-11-24)25(17-23)34-27(37)28(14-15-28)26(36)33-22-9-7-8-21(16-22)29(30,31)32/h4-11,16,19-20,23,25H,12-15,17-18H2,1-3H3,(H,33,36)(H,34,37)/t20-,23-,25-/m0/s1. The smallest absolute Gasteiger partial charge is 0.352 e. The Morgan fingerprint density at radius 2 is 1.70 bits per heavy atom. The number of benzene rings is 2. The maximum Gasteiger partial charge on any atom is 0.416 e. The van der Waals surface area contributed by atoms with Crippen molar-refractivity contribution < 1.29 is 31.2 Å². The van der Waals surface area contributed by atoms with Gasteiger partial charge in [0.2, 0.25) is 11.8 Å². The van der Waals surface area contributed by atoms with Crippen LogP contribution >= 0.6 is 0 Å². The Morgan fingerprint density at radius 3 is 2.30 bits per heavy atom. The van der Waals surface area contributed by atoms with E-state index in [4.69, 9.17) is 0 Å². The van der Waals surface area contributed by atoms with E-state index in [1.165, 1.54) is 12.1 Å². The van der Waals surface area contributed by atoms with Crippen molar-refractivity contribution in [2.45, 2.75) is 75.1 Å². The van der Waals surface area contributed by atoms with Gasteiger partial charge in [-0.2, -0.15) is 13.2 Å². The van der Waals surface area contributed by atoms with Crippen LogP contribution < -0.4 is 10.6 Å². The summed E-state index contributed by atoms with van der Waals surface area (Å²) < 4.78 is 65.8. The van der Waals surface area contributed by atoms with Gasteiger partial charge in [0.1, 0.15) is 5.41 Å². The number of nitrogens with one attached hydrogen (secondary N) is 2. The molecule has 0 aromatic heterocycles. The molecule has 0 aliphatic heterocycles. The summed E-state index contributed by atoms with van der Waals surface area (Å²) in [6.45, 7) is 4.13. The molecule has 0 radical (unpaired) electrons. The minimum Gasteiger partial charge on any atom is -0.352 e. The van der Waals surface area contributed by atoms with E-state index in [0.29, 0.717) is 12.8 Å². The third-order valence-corrected chi connectivity index (χ3v) is 10.1. The molecule has 2 amide bonds. The van der Waals surface area contributed by atoms with Crippen LogP contribution in [0.15, 0.2) is 59.5 Å². The predicted octanol–water partition coefficient (Wildman–Crippen LogP) is 4.89. The number of hydrogen-bond donors (Lipinski definition) is 2. The summed E-state index contributed by atoms with van der Waals surface area (Å²) in [5.74, 6) is -1.67. The first-order valence-corrected chi connectivity index (χ1v) is 15.2. The third-order valence-electron chi connectivity index (χ3n) is 8.28. The number of carbonyl (C=O) groups excluding carboxylic acids is 2. The molecule has 2 N–H and O–H groups in total.